The van der Waals surface area contributed by atoms with E-state index in [0.717, 1.165) is 55.4 Å². The number of nitrogens with one attached hydrogen (secondary N) is 2. The molecule has 0 aromatic heterocycles. The molecule has 0 saturated carbocycles. The summed E-state index contributed by atoms with van der Waals surface area (Å²) in [6, 6.07) is 25.1. The van der Waals surface area contributed by atoms with Crippen LogP contribution in [0.25, 0.3) is 21.5 Å². The number of ether oxygens (including phenoxy) is 2. The van der Waals surface area contributed by atoms with E-state index in [9.17, 15) is 9.59 Å². The Kier molecular flexibility index (Phi) is 12.1. The highest BCUT2D eigenvalue weighted by Crippen LogP contribution is 2.30. The molecule has 4 rings (SSSR count). The first kappa shape index (κ1) is 30.9. The van der Waals surface area contributed by atoms with Crippen molar-refractivity contribution in [3.8, 4) is 11.5 Å². The van der Waals surface area contributed by atoms with Crippen molar-refractivity contribution >= 4 is 33.4 Å². The minimum Gasteiger partial charge on any atom is -0.494 e. The van der Waals surface area contributed by atoms with E-state index in [0.29, 0.717) is 26.3 Å². The molecule has 0 spiro atoms. The number of carbonyl (C=O) groups is 2. The summed E-state index contributed by atoms with van der Waals surface area (Å²) in [4.78, 5) is 22.5. The molecule has 0 unspecified atom stereocenters. The molecular weight excluding hydrogens is 524 g/mol. The van der Waals surface area contributed by atoms with Crippen molar-refractivity contribution in [1.29, 1.82) is 0 Å². The van der Waals surface area contributed by atoms with Gasteiger partial charge in [-0.05, 0) is 71.2 Å². The van der Waals surface area contributed by atoms with Gasteiger partial charge in [-0.3, -0.25) is 9.59 Å². The minimum atomic E-state index is -0.00456. The lowest BCUT2D eigenvalue weighted by atomic mass is 10.0. The number of unbranched alkanes of at least 4 members (excludes halogenated alkanes) is 5. The Bertz CT molecular complexity index is 1460. The molecule has 0 aliphatic heterocycles. The van der Waals surface area contributed by atoms with Crippen molar-refractivity contribution < 1.29 is 19.1 Å². The van der Waals surface area contributed by atoms with Gasteiger partial charge in [-0.15, -0.1) is 0 Å². The van der Waals surface area contributed by atoms with E-state index < -0.39 is 0 Å². The van der Waals surface area contributed by atoms with E-state index in [4.69, 9.17) is 9.47 Å². The maximum atomic E-state index is 11.3. The van der Waals surface area contributed by atoms with Gasteiger partial charge in [0.25, 0.3) is 0 Å². The molecule has 42 heavy (non-hydrogen) atoms. The van der Waals surface area contributed by atoms with Gasteiger partial charge in [-0.25, -0.2) is 0 Å². The van der Waals surface area contributed by atoms with Gasteiger partial charge in [0, 0.05) is 32.3 Å². The van der Waals surface area contributed by atoms with E-state index >= 15 is 0 Å². The lowest BCUT2D eigenvalue weighted by Crippen LogP contribution is -2.22. The van der Waals surface area contributed by atoms with Gasteiger partial charge in [0.1, 0.15) is 11.5 Å². The zero-order chi connectivity index (χ0) is 29.6. The van der Waals surface area contributed by atoms with Gasteiger partial charge in [0.05, 0.1) is 13.2 Å². The fourth-order valence-corrected chi connectivity index (χ4v) is 5.36. The molecule has 0 bridgehead atoms. The van der Waals surface area contributed by atoms with Crippen molar-refractivity contribution in [2.45, 2.75) is 65.2 Å². The molecular formula is C36H44N2O4. The van der Waals surface area contributed by atoms with Crippen LogP contribution >= 0.6 is 0 Å². The number of fused-ring (bicyclic) bond motifs is 2. The Hall–Kier alpha value is -4.06. The van der Waals surface area contributed by atoms with Crippen molar-refractivity contribution in [3.63, 3.8) is 0 Å². The van der Waals surface area contributed by atoms with Gasteiger partial charge in [0.15, 0.2) is 0 Å². The quantitative estimate of drug-likeness (QED) is 0.133. The molecule has 6 heteroatoms. The summed E-state index contributed by atoms with van der Waals surface area (Å²) in [7, 11) is 0. The molecule has 0 fully saturated rings. The third-order valence-corrected chi connectivity index (χ3v) is 7.50. The third-order valence-electron chi connectivity index (χ3n) is 7.50. The molecule has 2 N–H and O–H groups in total. The van der Waals surface area contributed by atoms with Crippen molar-refractivity contribution in [3.05, 3.63) is 83.9 Å². The summed E-state index contributed by atoms with van der Waals surface area (Å²) in [6.45, 7) is 5.78. The molecule has 4 aromatic carbocycles. The Morgan fingerprint density at radius 3 is 1.88 bits per heavy atom. The summed E-state index contributed by atoms with van der Waals surface area (Å²) >= 11 is 0. The number of hydrogen-bond acceptors (Lipinski definition) is 4. The zero-order valence-corrected chi connectivity index (χ0v) is 25.0. The number of rotatable bonds is 17. The molecule has 0 saturated heterocycles. The van der Waals surface area contributed by atoms with Crippen LogP contribution in [0.2, 0.25) is 0 Å². The fraction of sp³-hybridized carbons (Fsp3) is 0.389. The molecule has 0 heterocycles. The average molecular weight is 569 g/mol. The number of amides is 2. The van der Waals surface area contributed by atoms with E-state index in [1.54, 1.807) is 13.8 Å². The highest BCUT2D eigenvalue weighted by Gasteiger charge is 2.08. The van der Waals surface area contributed by atoms with E-state index in [1.165, 1.54) is 40.1 Å². The Balaban J connectivity index is 1.13. The van der Waals surface area contributed by atoms with Crippen LogP contribution in [-0.4, -0.2) is 38.1 Å². The van der Waals surface area contributed by atoms with Crippen LogP contribution in [0, 0.1) is 0 Å². The van der Waals surface area contributed by atoms with Gasteiger partial charge in [-0.2, -0.15) is 0 Å². The number of hydrogen-bond donors (Lipinski definition) is 2. The standard InChI is InChI=1S/C36H44N2O4/c1-27(39)37-22-20-30-13-9-12-29-18-19-33(26-34(29)30)41-24-7-5-3-4-6-8-25-42-35-17-11-16-31-14-10-15-32(36(31)35)21-23-38-28(2)40/h9-19,26H,3-8,20-25H2,1-2H3,(H,37,39)(H,38,40). The van der Waals surface area contributed by atoms with Gasteiger partial charge in [-0.1, -0.05) is 80.3 Å². The first-order chi connectivity index (χ1) is 20.5. The normalized spacial score (nSPS) is 11.0. The topological polar surface area (TPSA) is 76.7 Å². The monoisotopic (exact) mass is 568 g/mol. The van der Waals surface area contributed by atoms with E-state index in [-0.39, 0.29) is 11.8 Å². The van der Waals surface area contributed by atoms with Gasteiger partial charge >= 0.3 is 0 Å². The maximum absolute atomic E-state index is 11.3. The predicted molar refractivity (Wildman–Crippen MR) is 171 cm³/mol. The van der Waals surface area contributed by atoms with E-state index in [2.05, 4.69) is 65.2 Å². The summed E-state index contributed by atoms with van der Waals surface area (Å²) in [5.41, 5.74) is 2.42. The first-order valence-corrected chi connectivity index (χ1v) is 15.3. The lowest BCUT2D eigenvalue weighted by Gasteiger charge is -2.13. The average Bonchev–Trinajstić information content (AvgIpc) is 2.98. The van der Waals surface area contributed by atoms with Crippen molar-refractivity contribution in [2.24, 2.45) is 0 Å². The SMILES string of the molecule is CC(=O)NCCc1cccc2ccc(OCCCCCCCCOc3cccc4cccc(CCNC(C)=O)c34)cc12. The second kappa shape index (κ2) is 16.4. The van der Waals surface area contributed by atoms with Crippen LogP contribution in [0.3, 0.4) is 0 Å². The number of benzene rings is 4. The smallest absolute Gasteiger partial charge is 0.216 e. The maximum Gasteiger partial charge on any atom is 0.216 e. The second-order valence-corrected chi connectivity index (χ2v) is 10.9. The highest BCUT2D eigenvalue weighted by molar-refractivity contribution is 5.91. The number of carbonyl (C=O) groups excluding carboxylic acids is 2. The zero-order valence-electron chi connectivity index (χ0n) is 25.0. The molecule has 222 valence electrons. The highest BCUT2D eigenvalue weighted by atomic mass is 16.5. The molecule has 0 aliphatic carbocycles. The van der Waals surface area contributed by atoms with Crippen molar-refractivity contribution in [2.75, 3.05) is 26.3 Å². The molecule has 6 nitrogen and oxygen atoms in total. The summed E-state index contributed by atoms with van der Waals surface area (Å²) < 4.78 is 12.3. The van der Waals surface area contributed by atoms with Crippen LogP contribution in [0.1, 0.15) is 63.5 Å². The van der Waals surface area contributed by atoms with Crippen LogP contribution in [0.5, 0.6) is 11.5 Å². The summed E-state index contributed by atoms with van der Waals surface area (Å²) in [6.07, 6.45) is 8.32. The fourth-order valence-electron chi connectivity index (χ4n) is 5.36. The Labute approximate surface area is 249 Å². The summed E-state index contributed by atoms with van der Waals surface area (Å²) in [5.74, 6) is 1.82. The Morgan fingerprint density at radius 1 is 0.619 bits per heavy atom. The molecule has 0 aliphatic rings. The van der Waals surface area contributed by atoms with Crippen molar-refractivity contribution in [1.82, 2.24) is 10.6 Å². The second-order valence-electron chi connectivity index (χ2n) is 10.9. The van der Waals surface area contributed by atoms with Crippen LogP contribution in [-0.2, 0) is 22.4 Å². The lowest BCUT2D eigenvalue weighted by molar-refractivity contribution is -0.119. The van der Waals surface area contributed by atoms with E-state index in [1.807, 2.05) is 18.2 Å². The van der Waals surface area contributed by atoms with Crippen LogP contribution < -0.4 is 20.1 Å². The first-order valence-electron chi connectivity index (χ1n) is 15.3. The summed E-state index contributed by atoms with van der Waals surface area (Å²) in [5, 5.41) is 10.5. The largest absolute Gasteiger partial charge is 0.494 e. The molecule has 0 radical (unpaired) electrons. The van der Waals surface area contributed by atoms with Gasteiger partial charge in [0.2, 0.25) is 11.8 Å². The van der Waals surface area contributed by atoms with Gasteiger partial charge < -0.3 is 20.1 Å². The molecule has 2 amide bonds. The third kappa shape index (κ3) is 9.51. The predicted octanol–water partition coefficient (Wildman–Crippen LogP) is 7.15. The van der Waals surface area contributed by atoms with Crippen LogP contribution in [0.15, 0.2) is 72.8 Å². The molecule has 4 aromatic rings. The minimum absolute atomic E-state index is 0.000536. The Morgan fingerprint density at radius 2 is 1.19 bits per heavy atom. The van der Waals surface area contributed by atoms with Crippen LogP contribution in [0.4, 0.5) is 0 Å². The molecule has 0 atom stereocenters.